The zero-order chi connectivity index (χ0) is 17.3. The highest BCUT2D eigenvalue weighted by Gasteiger charge is 2.52. The molecular weight excluding hydrogens is 328 g/mol. The van der Waals surface area contributed by atoms with Crippen molar-refractivity contribution < 1.29 is 19.0 Å². The second-order valence-corrected chi connectivity index (χ2v) is 6.13. The van der Waals surface area contributed by atoms with Crippen molar-refractivity contribution in [1.82, 2.24) is 0 Å². The first kappa shape index (κ1) is 16.7. The van der Waals surface area contributed by atoms with Gasteiger partial charge in [0.1, 0.15) is 22.6 Å². The van der Waals surface area contributed by atoms with E-state index in [1.165, 1.54) is 0 Å². The molecule has 0 spiro atoms. The Balaban J connectivity index is 2.11. The number of hydrogen-bond acceptors (Lipinski definition) is 4. The maximum absolute atomic E-state index is 12.6. The van der Waals surface area contributed by atoms with E-state index >= 15 is 0 Å². The monoisotopic (exact) mass is 346 g/mol. The van der Waals surface area contributed by atoms with Crippen LogP contribution in [-0.4, -0.2) is 32.5 Å². The SMILES string of the molecule is COc1cc(OC)c([C@H]2C(=O)[C@H](Cl)[C@@H]2c2ccccc2)c(OC)c1. The Labute approximate surface area is 146 Å². The third-order valence-electron chi connectivity index (χ3n) is 4.50. The van der Waals surface area contributed by atoms with E-state index < -0.39 is 11.3 Å². The number of ether oxygens (including phenoxy) is 3. The summed E-state index contributed by atoms with van der Waals surface area (Å²) in [4.78, 5) is 12.6. The van der Waals surface area contributed by atoms with Gasteiger partial charge in [0.15, 0.2) is 5.78 Å². The van der Waals surface area contributed by atoms with Gasteiger partial charge in [0.05, 0.1) is 27.2 Å². The van der Waals surface area contributed by atoms with Crippen LogP contribution in [0, 0.1) is 0 Å². The predicted octanol–water partition coefficient (Wildman–Crippen LogP) is 3.77. The predicted molar refractivity (Wildman–Crippen MR) is 92.7 cm³/mol. The first-order chi connectivity index (χ1) is 11.6. The molecule has 0 aliphatic heterocycles. The van der Waals surface area contributed by atoms with Crippen molar-refractivity contribution in [2.24, 2.45) is 0 Å². The molecule has 2 aromatic rings. The van der Waals surface area contributed by atoms with Crippen molar-refractivity contribution in [2.45, 2.75) is 17.2 Å². The molecule has 1 aliphatic carbocycles. The van der Waals surface area contributed by atoms with E-state index in [0.717, 1.165) is 11.1 Å². The van der Waals surface area contributed by atoms with E-state index in [4.69, 9.17) is 25.8 Å². The summed E-state index contributed by atoms with van der Waals surface area (Å²) in [7, 11) is 4.71. The van der Waals surface area contributed by atoms with Crippen LogP contribution in [0.2, 0.25) is 0 Å². The zero-order valence-electron chi connectivity index (χ0n) is 13.8. The second kappa shape index (κ2) is 6.73. The Morgan fingerprint density at radius 3 is 2.00 bits per heavy atom. The van der Waals surface area contributed by atoms with E-state index in [-0.39, 0.29) is 11.7 Å². The first-order valence-corrected chi connectivity index (χ1v) is 8.08. The lowest BCUT2D eigenvalue weighted by atomic mass is 9.65. The van der Waals surface area contributed by atoms with Crippen LogP contribution in [0.15, 0.2) is 42.5 Å². The van der Waals surface area contributed by atoms with Crippen molar-refractivity contribution in [3.05, 3.63) is 53.6 Å². The van der Waals surface area contributed by atoms with Gasteiger partial charge in [-0.15, -0.1) is 11.6 Å². The highest BCUT2D eigenvalue weighted by atomic mass is 35.5. The lowest BCUT2D eigenvalue weighted by Gasteiger charge is -2.41. The number of halogens is 1. The van der Waals surface area contributed by atoms with E-state index in [9.17, 15) is 4.79 Å². The van der Waals surface area contributed by atoms with Gasteiger partial charge in [-0.3, -0.25) is 4.79 Å². The van der Waals surface area contributed by atoms with E-state index in [1.807, 2.05) is 30.3 Å². The van der Waals surface area contributed by atoms with Gasteiger partial charge in [0.2, 0.25) is 0 Å². The van der Waals surface area contributed by atoms with E-state index in [0.29, 0.717) is 17.2 Å². The minimum Gasteiger partial charge on any atom is -0.496 e. The first-order valence-electron chi connectivity index (χ1n) is 7.65. The van der Waals surface area contributed by atoms with Gasteiger partial charge in [-0.1, -0.05) is 30.3 Å². The number of Topliss-reactive ketones (excluding diaryl/α,β-unsaturated/α-hetero) is 1. The molecule has 0 heterocycles. The van der Waals surface area contributed by atoms with Crippen LogP contribution < -0.4 is 14.2 Å². The van der Waals surface area contributed by atoms with Gasteiger partial charge in [0, 0.05) is 23.6 Å². The van der Waals surface area contributed by atoms with Crippen molar-refractivity contribution in [1.29, 1.82) is 0 Å². The van der Waals surface area contributed by atoms with Gasteiger partial charge in [-0.2, -0.15) is 0 Å². The number of carbonyl (C=O) groups is 1. The molecule has 0 unspecified atom stereocenters. The summed E-state index contributed by atoms with van der Waals surface area (Å²) in [6.45, 7) is 0. The Kier molecular flexibility index (Phi) is 4.67. The molecule has 24 heavy (non-hydrogen) atoms. The van der Waals surface area contributed by atoms with Gasteiger partial charge in [0.25, 0.3) is 0 Å². The Bertz CT molecular complexity index is 719. The smallest absolute Gasteiger partial charge is 0.159 e. The number of ketones is 1. The summed E-state index contributed by atoms with van der Waals surface area (Å²) in [5.41, 5.74) is 1.75. The van der Waals surface area contributed by atoms with Crippen LogP contribution in [0.1, 0.15) is 23.0 Å². The normalized spacial score (nSPS) is 22.7. The summed E-state index contributed by atoms with van der Waals surface area (Å²) in [6, 6.07) is 13.3. The maximum Gasteiger partial charge on any atom is 0.159 e. The third kappa shape index (κ3) is 2.61. The molecule has 126 valence electrons. The Morgan fingerprint density at radius 1 is 0.917 bits per heavy atom. The van der Waals surface area contributed by atoms with E-state index in [1.54, 1.807) is 33.5 Å². The summed E-state index contributed by atoms with van der Waals surface area (Å²) in [5.74, 6) is 1.20. The Morgan fingerprint density at radius 2 is 1.50 bits per heavy atom. The number of methoxy groups -OCH3 is 3. The summed E-state index contributed by atoms with van der Waals surface area (Å²) < 4.78 is 16.3. The molecule has 2 aromatic carbocycles. The fourth-order valence-corrected chi connectivity index (χ4v) is 3.70. The number of benzene rings is 2. The van der Waals surface area contributed by atoms with Crippen molar-refractivity contribution in [3.63, 3.8) is 0 Å². The topological polar surface area (TPSA) is 44.8 Å². The molecule has 0 amide bonds. The average Bonchev–Trinajstić information content (AvgIpc) is 2.64. The third-order valence-corrected chi connectivity index (χ3v) is 4.99. The molecule has 1 fully saturated rings. The van der Waals surface area contributed by atoms with Crippen LogP contribution in [-0.2, 0) is 4.79 Å². The van der Waals surface area contributed by atoms with Gasteiger partial charge < -0.3 is 14.2 Å². The highest BCUT2D eigenvalue weighted by molar-refractivity contribution is 6.36. The van der Waals surface area contributed by atoms with Crippen LogP contribution in [0.5, 0.6) is 17.2 Å². The fraction of sp³-hybridized carbons (Fsp3) is 0.316. The molecule has 0 radical (unpaired) electrons. The van der Waals surface area contributed by atoms with Gasteiger partial charge in [-0.05, 0) is 5.56 Å². The molecular formula is C19H19ClO4. The minimum absolute atomic E-state index is 0.0210. The highest BCUT2D eigenvalue weighted by Crippen LogP contribution is 2.54. The lowest BCUT2D eigenvalue weighted by Crippen LogP contribution is -2.45. The van der Waals surface area contributed by atoms with Gasteiger partial charge in [-0.25, -0.2) is 0 Å². The zero-order valence-corrected chi connectivity index (χ0v) is 14.5. The number of carbonyl (C=O) groups excluding carboxylic acids is 1. The number of alkyl halides is 1. The summed E-state index contributed by atoms with van der Waals surface area (Å²) in [5, 5.41) is -0.547. The van der Waals surface area contributed by atoms with Crippen molar-refractivity contribution in [3.8, 4) is 17.2 Å². The molecule has 5 heteroatoms. The summed E-state index contributed by atoms with van der Waals surface area (Å²) >= 11 is 6.34. The van der Waals surface area contributed by atoms with E-state index in [2.05, 4.69) is 0 Å². The molecule has 3 rings (SSSR count). The maximum atomic E-state index is 12.6. The number of rotatable bonds is 5. The second-order valence-electron chi connectivity index (χ2n) is 5.66. The van der Waals surface area contributed by atoms with Crippen LogP contribution in [0.4, 0.5) is 0 Å². The molecule has 0 N–H and O–H groups in total. The lowest BCUT2D eigenvalue weighted by molar-refractivity contribution is -0.126. The molecule has 1 saturated carbocycles. The van der Waals surface area contributed by atoms with Gasteiger partial charge >= 0.3 is 0 Å². The van der Waals surface area contributed by atoms with Crippen LogP contribution in [0.3, 0.4) is 0 Å². The molecule has 1 aliphatic rings. The largest absolute Gasteiger partial charge is 0.496 e. The number of hydrogen-bond donors (Lipinski definition) is 0. The molecule has 3 atom stereocenters. The van der Waals surface area contributed by atoms with Crippen LogP contribution >= 0.6 is 11.6 Å². The molecule has 0 saturated heterocycles. The molecule has 4 nitrogen and oxygen atoms in total. The quantitative estimate of drug-likeness (QED) is 0.773. The van der Waals surface area contributed by atoms with Crippen molar-refractivity contribution >= 4 is 17.4 Å². The average molecular weight is 347 g/mol. The van der Waals surface area contributed by atoms with Crippen molar-refractivity contribution in [2.75, 3.05) is 21.3 Å². The Hall–Kier alpha value is -2.20. The molecule has 0 bridgehead atoms. The fourth-order valence-electron chi connectivity index (χ4n) is 3.27. The minimum atomic E-state index is -0.547. The molecule has 0 aromatic heterocycles. The van der Waals surface area contributed by atoms with Crippen LogP contribution in [0.25, 0.3) is 0 Å². The standard InChI is InChI=1S/C19H19ClO4/c1-22-12-9-13(23-2)16(14(10-12)24-3)17-15(18(20)19(17)21)11-7-5-4-6-8-11/h4-10,15,17-18H,1-3H3/t15-,17+,18-/m1/s1. The summed E-state index contributed by atoms with van der Waals surface area (Å²) in [6.07, 6.45) is 0.